The summed E-state index contributed by atoms with van der Waals surface area (Å²) in [4.78, 5) is 6.97. The van der Waals surface area contributed by atoms with Gasteiger partial charge in [0.15, 0.2) is 0 Å². The van der Waals surface area contributed by atoms with E-state index in [2.05, 4.69) is 34.7 Å². The number of hydrogen-bond donors (Lipinski definition) is 1. The Labute approximate surface area is 91.6 Å². The average molecular weight is 224 g/mol. The van der Waals surface area contributed by atoms with Crippen LogP contribution in [0.15, 0.2) is 23.0 Å². The minimum atomic E-state index is 0.862. The van der Waals surface area contributed by atoms with Crippen molar-refractivity contribution in [2.45, 2.75) is 20.0 Å². The summed E-state index contributed by atoms with van der Waals surface area (Å²) in [6.07, 6.45) is 0. The number of aryl methyl sites for hydroxylation is 1. The van der Waals surface area contributed by atoms with Crippen molar-refractivity contribution in [2.24, 2.45) is 0 Å². The van der Waals surface area contributed by atoms with Crippen LogP contribution in [0.2, 0.25) is 0 Å². The minimum absolute atomic E-state index is 0.862. The van der Waals surface area contributed by atoms with Crippen LogP contribution >= 0.6 is 22.7 Å². The Bertz CT molecular complexity index is 378. The molecule has 1 N–H and O–H groups in total. The van der Waals surface area contributed by atoms with Gasteiger partial charge in [-0.2, -0.15) is 0 Å². The quantitative estimate of drug-likeness (QED) is 0.864. The molecule has 0 aliphatic heterocycles. The molecule has 0 bridgehead atoms. The lowest BCUT2D eigenvalue weighted by molar-refractivity contribution is 0.690. The SMILES string of the molecule is Cc1ccc(CNCc2cscn2)s1. The number of thiazole rings is 1. The van der Waals surface area contributed by atoms with E-state index in [1.165, 1.54) is 9.75 Å². The van der Waals surface area contributed by atoms with Crippen LogP contribution in [0, 0.1) is 6.92 Å². The topological polar surface area (TPSA) is 24.9 Å². The van der Waals surface area contributed by atoms with E-state index in [9.17, 15) is 0 Å². The number of nitrogens with one attached hydrogen (secondary N) is 1. The first kappa shape index (κ1) is 9.83. The van der Waals surface area contributed by atoms with Crippen molar-refractivity contribution in [1.29, 1.82) is 0 Å². The van der Waals surface area contributed by atoms with E-state index in [1.54, 1.807) is 11.3 Å². The molecule has 2 nitrogen and oxygen atoms in total. The summed E-state index contributed by atoms with van der Waals surface area (Å²) in [7, 11) is 0. The van der Waals surface area contributed by atoms with E-state index >= 15 is 0 Å². The van der Waals surface area contributed by atoms with E-state index in [0.29, 0.717) is 0 Å². The van der Waals surface area contributed by atoms with E-state index in [1.807, 2.05) is 16.8 Å². The Morgan fingerprint density at radius 1 is 1.36 bits per heavy atom. The summed E-state index contributed by atoms with van der Waals surface area (Å²) in [5.41, 5.74) is 3.00. The van der Waals surface area contributed by atoms with Crippen LogP contribution in [-0.2, 0) is 13.1 Å². The van der Waals surface area contributed by atoms with Crippen molar-refractivity contribution in [3.8, 4) is 0 Å². The highest BCUT2D eigenvalue weighted by atomic mass is 32.1. The molecule has 0 aliphatic rings. The van der Waals surface area contributed by atoms with E-state index in [-0.39, 0.29) is 0 Å². The molecule has 4 heteroatoms. The molecule has 0 aliphatic carbocycles. The highest BCUT2D eigenvalue weighted by Gasteiger charge is 1.97. The Morgan fingerprint density at radius 2 is 2.29 bits per heavy atom. The van der Waals surface area contributed by atoms with Crippen molar-refractivity contribution in [3.05, 3.63) is 38.5 Å². The molecule has 0 radical (unpaired) electrons. The molecule has 2 aromatic heterocycles. The predicted molar refractivity (Wildman–Crippen MR) is 61.7 cm³/mol. The molecular formula is C10H12N2S2. The fraction of sp³-hybridized carbons (Fsp3) is 0.300. The molecule has 0 atom stereocenters. The van der Waals surface area contributed by atoms with Crippen molar-refractivity contribution in [2.75, 3.05) is 0 Å². The van der Waals surface area contributed by atoms with Gasteiger partial charge in [0.25, 0.3) is 0 Å². The first-order valence-corrected chi connectivity index (χ1v) is 6.23. The summed E-state index contributed by atoms with van der Waals surface area (Å²) in [5, 5.41) is 5.45. The van der Waals surface area contributed by atoms with Gasteiger partial charge in [0.05, 0.1) is 11.2 Å². The van der Waals surface area contributed by atoms with Crippen molar-refractivity contribution < 1.29 is 0 Å². The van der Waals surface area contributed by atoms with E-state index < -0.39 is 0 Å². The fourth-order valence-corrected chi connectivity index (χ4v) is 2.64. The molecule has 74 valence electrons. The summed E-state index contributed by atoms with van der Waals surface area (Å²) in [6.45, 7) is 3.94. The van der Waals surface area contributed by atoms with Gasteiger partial charge >= 0.3 is 0 Å². The molecular weight excluding hydrogens is 212 g/mol. The predicted octanol–water partition coefficient (Wildman–Crippen LogP) is 2.80. The molecule has 0 saturated heterocycles. The number of rotatable bonds is 4. The lowest BCUT2D eigenvalue weighted by Gasteiger charge is -1.99. The Kier molecular flexibility index (Phi) is 3.29. The second kappa shape index (κ2) is 4.68. The van der Waals surface area contributed by atoms with Crippen molar-refractivity contribution in [3.63, 3.8) is 0 Å². The van der Waals surface area contributed by atoms with Gasteiger partial charge in [0.1, 0.15) is 0 Å². The van der Waals surface area contributed by atoms with Gasteiger partial charge in [-0.05, 0) is 19.1 Å². The normalized spacial score (nSPS) is 10.6. The lowest BCUT2D eigenvalue weighted by Crippen LogP contribution is -2.11. The maximum Gasteiger partial charge on any atom is 0.0795 e. The third-order valence-electron chi connectivity index (χ3n) is 1.88. The second-order valence-electron chi connectivity index (χ2n) is 3.10. The van der Waals surface area contributed by atoms with Gasteiger partial charge in [0, 0.05) is 28.2 Å². The van der Waals surface area contributed by atoms with Crippen LogP contribution in [0.3, 0.4) is 0 Å². The first-order valence-electron chi connectivity index (χ1n) is 4.48. The highest BCUT2D eigenvalue weighted by Crippen LogP contribution is 2.14. The molecule has 14 heavy (non-hydrogen) atoms. The monoisotopic (exact) mass is 224 g/mol. The van der Waals surface area contributed by atoms with Crippen LogP contribution in [0.1, 0.15) is 15.4 Å². The van der Waals surface area contributed by atoms with Gasteiger partial charge < -0.3 is 5.32 Å². The molecule has 0 spiro atoms. The van der Waals surface area contributed by atoms with Gasteiger partial charge in [-0.15, -0.1) is 22.7 Å². The smallest absolute Gasteiger partial charge is 0.0795 e. The summed E-state index contributed by atoms with van der Waals surface area (Å²) in [6, 6.07) is 4.33. The van der Waals surface area contributed by atoms with E-state index in [4.69, 9.17) is 0 Å². The Balaban J connectivity index is 1.78. The molecule has 2 rings (SSSR count). The number of aromatic nitrogens is 1. The molecule has 0 amide bonds. The number of hydrogen-bond acceptors (Lipinski definition) is 4. The van der Waals surface area contributed by atoms with Crippen LogP contribution in [0.5, 0.6) is 0 Å². The number of thiophene rings is 1. The highest BCUT2D eigenvalue weighted by molar-refractivity contribution is 7.11. The Hall–Kier alpha value is -0.710. The molecule has 0 fully saturated rings. The summed E-state index contributed by atoms with van der Waals surface area (Å²) in [5.74, 6) is 0. The largest absolute Gasteiger partial charge is 0.306 e. The third kappa shape index (κ3) is 2.64. The zero-order chi connectivity index (χ0) is 9.80. The molecule has 2 aromatic rings. The van der Waals surface area contributed by atoms with Crippen LogP contribution in [-0.4, -0.2) is 4.98 Å². The zero-order valence-corrected chi connectivity index (χ0v) is 9.62. The van der Waals surface area contributed by atoms with Gasteiger partial charge in [-0.1, -0.05) is 0 Å². The Morgan fingerprint density at radius 3 is 2.93 bits per heavy atom. The lowest BCUT2D eigenvalue weighted by atomic mass is 10.4. The minimum Gasteiger partial charge on any atom is -0.306 e. The van der Waals surface area contributed by atoms with Crippen LogP contribution in [0.4, 0.5) is 0 Å². The maximum atomic E-state index is 4.21. The third-order valence-corrected chi connectivity index (χ3v) is 3.52. The standard InChI is InChI=1S/C10H12N2S2/c1-8-2-3-10(14-8)5-11-4-9-6-13-7-12-9/h2-3,6-7,11H,4-5H2,1H3. The second-order valence-corrected chi connectivity index (χ2v) is 5.19. The van der Waals surface area contributed by atoms with Crippen LogP contribution < -0.4 is 5.32 Å². The molecule has 0 unspecified atom stereocenters. The van der Waals surface area contributed by atoms with Gasteiger partial charge in [0.2, 0.25) is 0 Å². The maximum absolute atomic E-state index is 4.21. The summed E-state index contributed by atoms with van der Waals surface area (Å²) < 4.78 is 0. The van der Waals surface area contributed by atoms with Gasteiger partial charge in [-0.25, -0.2) is 4.98 Å². The van der Waals surface area contributed by atoms with E-state index in [0.717, 1.165) is 18.8 Å². The van der Waals surface area contributed by atoms with Gasteiger partial charge in [-0.3, -0.25) is 0 Å². The number of nitrogens with zero attached hydrogens (tertiary/aromatic N) is 1. The summed E-state index contributed by atoms with van der Waals surface area (Å²) >= 11 is 3.49. The van der Waals surface area contributed by atoms with Crippen LogP contribution in [0.25, 0.3) is 0 Å². The van der Waals surface area contributed by atoms with Crippen molar-refractivity contribution in [1.82, 2.24) is 10.3 Å². The first-order chi connectivity index (χ1) is 6.84. The fourth-order valence-electron chi connectivity index (χ4n) is 1.22. The van der Waals surface area contributed by atoms with Crippen molar-refractivity contribution >= 4 is 22.7 Å². The average Bonchev–Trinajstić information content (AvgIpc) is 2.77. The molecule has 0 aromatic carbocycles. The molecule has 0 saturated carbocycles. The zero-order valence-electron chi connectivity index (χ0n) is 7.99. The molecule has 2 heterocycles.